The van der Waals surface area contributed by atoms with Gasteiger partial charge in [0.25, 0.3) is 11.8 Å². The van der Waals surface area contributed by atoms with Crippen molar-refractivity contribution in [1.29, 1.82) is 0 Å². The van der Waals surface area contributed by atoms with Crippen LogP contribution in [0.25, 0.3) is 6.20 Å². The van der Waals surface area contributed by atoms with Gasteiger partial charge in [-0.1, -0.05) is 36.4 Å². The Hall–Kier alpha value is -3.67. The summed E-state index contributed by atoms with van der Waals surface area (Å²) in [5, 5.41) is 7.25. The van der Waals surface area contributed by atoms with Gasteiger partial charge in [-0.15, -0.1) is 0 Å². The lowest BCUT2D eigenvalue weighted by Gasteiger charge is -2.29. The topological polar surface area (TPSA) is 67.2 Å². The van der Waals surface area contributed by atoms with E-state index in [1.165, 1.54) is 11.0 Å². The number of carbonyl (C=O) groups is 2. The Balaban J connectivity index is 1.81. The first-order chi connectivity index (χ1) is 13.6. The normalized spacial score (nSPS) is 15.9. The number of nitrogens with zero attached hydrogens (tertiary/aromatic N) is 3. The zero-order valence-electron chi connectivity index (χ0n) is 15.7. The molecule has 4 rings (SSSR count). The van der Waals surface area contributed by atoms with Crippen molar-refractivity contribution in [3.05, 3.63) is 83.7 Å². The van der Waals surface area contributed by atoms with Gasteiger partial charge in [0.1, 0.15) is 0 Å². The van der Waals surface area contributed by atoms with E-state index < -0.39 is 6.04 Å². The molecule has 28 heavy (non-hydrogen) atoms. The minimum atomic E-state index is -0.855. The molecule has 0 fully saturated rings. The van der Waals surface area contributed by atoms with Crippen LogP contribution in [0.1, 0.15) is 22.9 Å². The van der Waals surface area contributed by atoms with Gasteiger partial charge in [0.05, 0.1) is 5.69 Å². The second-order valence-corrected chi connectivity index (χ2v) is 6.72. The van der Waals surface area contributed by atoms with Gasteiger partial charge in [0.2, 0.25) is 0 Å². The summed E-state index contributed by atoms with van der Waals surface area (Å²) in [6.07, 6.45) is 4.63. The molecule has 6 heteroatoms. The molecule has 1 aliphatic rings. The number of rotatable bonds is 3. The molecule has 2 heterocycles. The minimum absolute atomic E-state index is 0.279. The molecule has 0 bridgehead atoms. The van der Waals surface area contributed by atoms with Crippen LogP contribution in [0.3, 0.4) is 0 Å². The lowest BCUT2D eigenvalue weighted by atomic mass is 10.1. The third kappa shape index (κ3) is 3.09. The van der Waals surface area contributed by atoms with Crippen molar-refractivity contribution < 1.29 is 9.59 Å². The molecule has 1 aromatic heterocycles. The van der Waals surface area contributed by atoms with E-state index >= 15 is 0 Å². The number of aryl methyl sites for hydroxylation is 2. The molecule has 1 atom stereocenters. The highest BCUT2D eigenvalue weighted by molar-refractivity contribution is 6.10. The van der Waals surface area contributed by atoms with Gasteiger partial charge in [-0.2, -0.15) is 5.10 Å². The summed E-state index contributed by atoms with van der Waals surface area (Å²) in [7, 11) is 0. The van der Waals surface area contributed by atoms with Crippen molar-refractivity contribution in [1.82, 2.24) is 9.78 Å². The summed E-state index contributed by atoms with van der Waals surface area (Å²) in [6, 6.07) is 15.9. The third-order valence-corrected chi connectivity index (χ3v) is 4.85. The van der Waals surface area contributed by atoms with Crippen LogP contribution < -0.4 is 10.2 Å². The number of fused-ring (bicyclic) bond motifs is 1. The standard InChI is InChI=1S/C22H20N4O2/c1-15-7-6-8-16(2)20(15)24-22(28)21-18-11-13-23-25(18)14-12-19(27)26(21)17-9-4-3-5-10-17/h3-14,21H,1-2H3,(H,24,28). The maximum absolute atomic E-state index is 13.4. The van der Waals surface area contributed by atoms with Crippen molar-refractivity contribution in [3.8, 4) is 0 Å². The molecule has 6 nitrogen and oxygen atoms in total. The van der Waals surface area contributed by atoms with Crippen molar-refractivity contribution >= 4 is 29.4 Å². The second kappa shape index (κ2) is 7.15. The number of carbonyl (C=O) groups excluding carboxylic acids is 2. The Morgan fingerprint density at radius 3 is 2.43 bits per heavy atom. The number of anilines is 2. The molecule has 1 unspecified atom stereocenters. The van der Waals surface area contributed by atoms with E-state index in [1.54, 1.807) is 23.1 Å². The molecule has 0 saturated heterocycles. The SMILES string of the molecule is Cc1cccc(C)c1NC(=O)C1c2ccnn2C=CC(=O)N1c1ccccc1. The van der Waals surface area contributed by atoms with Gasteiger partial charge in [-0.25, -0.2) is 4.68 Å². The summed E-state index contributed by atoms with van der Waals surface area (Å²) in [6.45, 7) is 3.89. The Morgan fingerprint density at radius 2 is 1.71 bits per heavy atom. The fraction of sp³-hybridized carbons (Fsp3) is 0.136. The summed E-state index contributed by atoms with van der Waals surface area (Å²) < 4.78 is 1.57. The third-order valence-electron chi connectivity index (χ3n) is 4.85. The van der Waals surface area contributed by atoms with Gasteiger partial charge in [0, 0.05) is 29.8 Å². The Morgan fingerprint density at radius 1 is 1.00 bits per heavy atom. The van der Waals surface area contributed by atoms with Crippen LogP contribution in [0.4, 0.5) is 11.4 Å². The van der Waals surface area contributed by atoms with Gasteiger partial charge in [-0.05, 0) is 43.2 Å². The average Bonchev–Trinajstić information content (AvgIpc) is 3.10. The number of para-hydroxylation sites is 2. The fourth-order valence-corrected chi connectivity index (χ4v) is 3.46. The first-order valence-electron chi connectivity index (χ1n) is 9.03. The largest absolute Gasteiger partial charge is 0.323 e. The fourth-order valence-electron chi connectivity index (χ4n) is 3.46. The van der Waals surface area contributed by atoms with E-state index in [0.717, 1.165) is 16.8 Å². The van der Waals surface area contributed by atoms with Crippen LogP contribution in [-0.2, 0) is 9.59 Å². The first-order valence-corrected chi connectivity index (χ1v) is 9.03. The molecule has 2 aromatic carbocycles. The zero-order chi connectivity index (χ0) is 19.7. The van der Waals surface area contributed by atoms with Crippen LogP contribution in [0.15, 0.2) is 66.9 Å². The molecule has 140 valence electrons. The molecule has 0 radical (unpaired) electrons. The predicted molar refractivity (Wildman–Crippen MR) is 109 cm³/mol. The lowest BCUT2D eigenvalue weighted by Crippen LogP contribution is -2.40. The van der Waals surface area contributed by atoms with E-state index in [2.05, 4.69) is 10.4 Å². The maximum atomic E-state index is 13.4. The van der Waals surface area contributed by atoms with Gasteiger partial charge < -0.3 is 5.32 Å². The van der Waals surface area contributed by atoms with Crippen LogP contribution in [-0.4, -0.2) is 21.6 Å². The van der Waals surface area contributed by atoms with Crippen LogP contribution in [0.5, 0.6) is 0 Å². The molecule has 1 N–H and O–H groups in total. The summed E-state index contributed by atoms with van der Waals surface area (Å²) in [4.78, 5) is 27.8. The number of hydrogen-bond donors (Lipinski definition) is 1. The Kier molecular flexibility index (Phi) is 4.53. The van der Waals surface area contributed by atoms with Gasteiger partial charge in [0.15, 0.2) is 6.04 Å². The molecular formula is C22H20N4O2. The van der Waals surface area contributed by atoms with E-state index in [1.807, 2.05) is 62.4 Å². The molecule has 2 amide bonds. The first kappa shape index (κ1) is 17.7. The molecular weight excluding hydrogens is 352 g/mol. The summed E-state index contributed by atoms with van der Waals surface area (Å²) in [5.74, 6) is -0.571. The van der Waals surface area contributed by atoms with E-state index in [0.29, 0.717) is 11.4 Å². The number of aromatic nitrogens is 2. The number of nitrogens with one attached hydrogen (secondary N) is 1. The van der Waals surface area contributed by atoms with Crippen molar-refractivity contribution in [2.45, 2.75) is 19.9 Å². The summed E-state index contributed by atoms with van der Waals surface area (Å²) >= 11 is 0. The molecule has 0 aliphatic carbocycles. The van der Waals surface area contributed by atoms with Crippen molar-refractivity contribution in [2.75, 3.05) is 10.2 Å². The van der Waals surface area contributed by atoms with Crippen molar-refractivity contribution in [3.63, 3.8) is 0 Å². The van der Waals surface area contributed by atoms with Gasteiger partial charge in [-0.3, -0.25) is 14.5 Å². The van der Waals surface area contributed by atoms with Crippen LogP contribution in [0, 0.1) is 13.8 Å². The number of hydrogen-bond acceptors (Lipinski definition) is 3. The number of amides is 2. The highest BCUT2D eigenvalue weighted by Gasteiger charge is 2.36. The Bertz CT molecular complexity index is 1050. The molecule has 1 aliphatic heterocycles. The Labute approximate surface area is 163 Å². The predicted octanol–water partition coefficient (Wildman–Crippen LogP) is 3.70. The second-order valence-electron chi connectivity index (χ2n) is 6.72. The smallest absolute Gasteiger partial charge is 0.253 e. The molecule has 3 aromatic rings. The highest BCUT2D eigenvalue weighted by atomic mass is 16.2. The maximum Gasteiger partial charge on any atom is 0.253 e. The van der Waals surface area contributed by atoms with Crippen LogP contribution in [0.2, 0.25) is 0 Å². The van der Waals surface area contributed by atoms with E-state index in [9.17, 15) is 9.59 Å². The molecule has 0 spiro atoms. The van der Waals surface area contributed by atoms with Gasteiger partial charge >= 0.3 is 0 Å². The quantitative estimate of drug-likeness (QED) is 0.762. The average molecular weight is 372 g/mol. The summed E-state index contributed by atoms with van der Waals surface area (Å²) in [5.41, 5.74) is 3.96. The van der Waals surface area contributed by atoms with Crippen LogP contribution >= 0.6 is 0 Å². The highest BCUT2D eigenvalue weighted by Crippen LogP contribution is 2.31. The van der Waals surface area contributed by atoms with E-state index in [-0.39, 0.29) is 11.8 Å². The van der Waals surface area contributed by atoms with Crippen molar-refractivity contribution in [2.24, 2.45) is 0 Å². The minimum Gasteiger partial charge on any atom is -0.323 e. The lowest BCUT2D eigenvalue weighted by molar-refractivity contribution is -0.121. The number of benzene rings is 2. The monoisotopic (exact) mass is 372 g/mol. The zero-order valence-corrected chi connectivity index (χ0v) is 15.7. The van der Waals surface area contributed by atoms with E-state index in [4.69, 9.17) is 0 Å². The molecule has 0 saturated carbocycles.